The minimum Gasteiger partial charge on any atom is -0.375 e. The van der Waals surface area contributed by atoms with Gasteiger partial charge in [0.15, 0.2) is 0 Å². The summed E-state index contributed by atoms with van der Waals surface area (Å²) in [6.45, 7) is 5.86. The Hall–Kier alpha value is -0.610. The zero-order valence-electron chi connectivity index (χ0n) is 13.2. The number of hydrogen-bond acceptors (Lipinski definition) is 3. The summed E-state index contributed by atoms with van der Waals surface area (Å²) in [4.78, 5) is 12.0. The number of carbonyl (C=O) groups excluding carboxylic acids is 1. The van der Waals surface area contributed by atoms with Crippen LogP contribution in [-0.2, 0) is 9.53 Å². The van der Waals surface area contributed by atoms with Gasteiger partial charge in [0.25, 0.3) is 0 Å². The number of carbonyl (C=O) groups is 1. The topological polar surface area (TPSA) is 64.4 Å². The normalized spacial score (nSPS) is 21.6. The second-order valence-electron chi connectivity index (χ2n) is 5.95. The van der Waals surface area contributed by atoms with Gasteiger partial charge in [-0.2, -0.15) is 0 Å². The van der Waals surface area contributed by atoms with Gasteiger partial charge in [0.05, 0.1) is 5.60 Å². The molecule has 1 atom stereocenters. The van der Waals surface area contributed by atoms with E-state index in [1.54, 1.807) is 0 Å². The number of nitrogens with one attached hydrogen (secondary N) is 1. The molecule has 0 aromatic carbocycles. The van der Waals surface area contributed by atoms with E-state index in [0.717, 1.165) is 64.5 Å². The lowest BCUT2D eigenvalue weighted by atomic mass is 9.86. The first kappa shape index (κ1) is 17.4. The minimum atomic E-state index is -0.0165. The molecular formula is C16H32N2O2. The van der Waals surface area contributed by atoms with E-state index < -0.39 is 0 Å². The third kappa shape index (κ3) is 5.80. The minimum absolute atomic E-state index is 0.0165. The van der Waals surface area contributed by atoms with E-state index in [0.29, 0.717) is 12.5 Å². The number of unbranched alkanes of at least 4 members (excludes halogenated alkanes) is 3. The van der Waals surface area contributed by atoms with Gasteiger partial charge in [-0.15, -0.1) is 0 Å². The average molecular weight is 284 g/mol. The molecule has 1 amide bonds. The van der Waals surface area contributed by atoms with Crippen LogP contribution in [0.2, 0.25) is 0 Å². The Morgan fingerprint density at radius 2 is 1.95 bits per heavy atom. The molecule has 1 rings (SSSR count). The fourth-order valence-corrected chi connectivity index (χ4v) is 2.98. The lowest BCUT2D eigenvalue weighted by molar-refractivity contribution is -0.126. The molecular weight excluding hydrogens is 252 g/mol. The van der Waals surface area contributed by atoms with Crippen molar-refractivity contribution in [1.82, 2.24) is 5.32 Å². The highest BCUT2D eigenvalue weighted by Crippen LogP contribution is 2.31. The van der Waals surface area contributed by atoms with Gasteiger partial charge in [0.1, 0.15) is 0 Å². The van der Waals surface area contributed by atoms with Crippen molar-refractivity contribution in [2.75, 3.05) is 13.2 Å². The highest BCUT2D eigenvalue weighted by atomic mass is 16.5. The maximum atomic E-state index is 12.0. The number of hydrogen-bond donors (Lipinski definition) is 2. The summed E-state index contributed by atoms with van der Waals surface area (Å²) in [6, 6.07) is 0.292. The molecule has 1 aliphatic heterocycles. The first-order valence-electron chi connectivity index (χ1n) is 8.29. The predicted octanol–water partition coefficient (Wildman–Crippen LogP) is 2.75. The van der Waals surface area contributed by atoms with Crippen molar-refractivity contribution in [3.8, 4) is 0 Å². The third-order valence-electron chi connectivity index (χ3n) is 4.50. The smallest absolute Gasteiger partial charge is 0.220 e. The summed E-state index contributed by atoms with van der Waals surface area (Å²) in [6.07, 6.45) is 8.87. The van der Waals surface area contributed by atoms with Crippen molar-refractivity contribution in [2.24, 2.45) is 5.73 Å². The fraction of sp³-hybridized carbons (Fsp3) is 0.938. The second kappa shape index (κ2) is 9.35. The third-order valence-corrected chi connectivity index (χ3v) is 4.50. The van der Waals surface area contributed by atoms with Crippen molar-refractivity contribution in [3.63, 3.8) is 0 Å². The quantitative estimate of drug-likeness (QED) is 0.640. The summed E-state index contributed by atoms with van der Waals surface area (Å²) in [7, 11) is 0. The molecule has 0 saturated carbocycles. The lowest BCUT2D eigenvalue weighted by Crippen LogP contribution is -2.48. The van der Waals surface area contributed by atoms with Gasteiger partial charge >= 0.3 is 0 Å². The molecule has 0 aromatic heterocycles. The van der Waals surface area contributed by atoms with Gasteiger partial charge in [-0.05, 0) is 45.1 Å². The molecule has 0 spiro atoms. The molecule has 1 fully saturated rings. The summed E-state index contributed by atoms with van der Waals surface area (Å²) in [5.74, 6) is 0.200. The van der Waals surface area contributed by atoms with E-state index in [2.05, 4.69) is 19.2 Å². The Balaban J connectivity index is 2.24. The molecule has 1 heterocycles. The van der Waals surface area contributed by atoms with Gasteiger partial charge in [0, 0.05) is 19.1 Å². The van der Waals surface area contributed by atoms with Crippen LogP contribution in [0.1, 0.15) is 71.6 Å². The molecule has 0 aromatic rings. The van der Waals surface area contributed by atoms with Crippen LogP contribution in [0.3, 0.4) is 0 Å². The molecule has 1 unspecified atom stereocenters. The van der Waals surface area contributed by atoms with Crippen LogP contribution in [0.5, 0.6) is 0 Å². The van der Waals surface area contributed by atoms with Crippen molar-refractivity contribution < 1.29 is 9.53 Å². The van der Waals surface area contributed by atoms with Crippen LogP contribution in [0, 0.1) is 0 Å². The van der Waals surface area contributed by atoms with E-state index >= 15 is 0 Å². The van der Waals surface area contributed by atoms with Crippen LogP contribution >= 0.6 is 0 Å². The van der Waals surface area contributed by atoms with Crippen LogP contribution < -0.4 is 11.1 Å². The largest absolute Gasteiger partial charge is 0.375 e. The number of rotatable bonds is 9. The first-order valence-corrected chi connectivity index (χ1v) is 8.29. The summed E-state index contributed by atoms with van der Waals surface area (Å²) >= 11 is 0. The molecule has 20 heavy (non-hydrogen) atoms. The molecule has 118 valence electrons. The van der Waals surface area contributed by atoms with Crippen LogP contribution in [0.4, 0.5) is 0 Å². The zero-order chi connectivity index (χ0) is 14.8. The summed E-state index contributed by atoms with van der Waals surface area (Å²) < 4.78 is 5.94. The molecule has 1 saturated heterocycles. The van der Waals surface area contributed by atoms with Gasteiger partial charge in [-0.3, -0.25) is 4.79 Å². The van der Waals surface area contributed by atoms with Crippen molar-refractivity contribution in [3.05, 3.63) is 0 Å². The van der Waals surface area contributed by atoms with Gasteiger partial charge in [-0.1, -0.05) is 26.7 Å². The van der Waals surface area contributed by atoms with E-state index in [-0.39, 0.29) is 11.5 Å². The van der Waals surface area contributed by atoms with Gasteiger partial charge in [0.2, 0.25) is 5.91 Å². The van der Waals surface area contributed by atoms with E-state index in [1.807, 2.05) is 0 Å². The Morgan fingerprint density at radius 3 is 2.60 bits per heavy atom. The number of amides is 1. The van der Waals surface area contributed by atoms with Crippen molar-refractivity contribution in [1.29, 1.82) is 0 Å². The standard InChI is InChI=1S/C16H32N2O2/c1-3-16(4-2)13-14(10-12-20-16)18-15(19)9-7-5-6-8-11-17/h14H,3-13,17H2,1-2H3,(H,18,19). The SMILES string of the molecule is CCC1(CC)CC(NC(=O)CCCCCCN)CCO1. The Labute approximate surface area is 123 Å². The van der Waals surface area contributed by atoms with Crippen LogP contribution in [0.15, 0.2) is 0 Å². The number of ether oxygens (including phenoxy) is 1. The van der Waals surface area contributed by atoms with Gasteiger partial charge < -0.3 is 15.8 Å². The van der Waals surface area contributed by atoms with E-state index in [4.69, 9.17) is 10.5 Å². The Bertz CT molecular complexity index is 278. The second-order valence-corrected chi connectivity index (χ2v) is 5.95. The summed E-state index contributed by atoms with van der Waals surface area (Å²) in [5, 5.41) is 3.19. The number of nitrogens with two attached hydrogens (primary N) is 1. The molecule has 1 aliphatic rings. The van der Waals surface area contributed by atoms with Gasteiger partial charge in [-0.25, -0.2) is 0 Å². The average Bonchev–Trinajstić information content (AvgIpc) is 2.47. The van der Waals surface area contributed by atoms with Crippen molar-refractivity contribution >= 4 is 5.91 Å². The summed E-state index contributed by atoms with van der Waals surface area (Å²) in [5.41, 5.74) is 5.44. The zero-order valence-corrected chi connectivity index (χ0v) is 13.2. The molecule has 4 heteroatoms. The Kier molecular flexibility index (Phi) is 8.15. The monoisotopic (exact) mass is 284 g/mol. The predicted molar refractivity (Wildman–Crippen MR) is 82.6 cm³/mol. The van der Waals surface area contributed by atoms with Crippen LogP contribution in [0.25, 0.3) is 0 Å². The van der Waals surface area contributed by atoms with E-state index in [1.165, 1.54) is 0 Å². The van der Waals surface area contributed by atoms with Crippen LogP contribution in [-0.4, -0.2) is 30.7 Å². The molecule has 3 N–H and O–H groups in total. The van der Waals surface area contributed by atoms with E-state index in [9.17, 15) is 4.79 Å². The highest BCUT2D eigenvalue weighted by molar-refractivity contribution is 5.76. The highest BCUT2D eigenvalue weighted by Gasteiger charge is 2.34. The molecule has 0 aliphatic carbocycles. The first-order chi connectivity index (χ1) is 9.65. The van der Waals surface area contributed by atoms with Crippen molar-refractivity contribution in [2.45, 2.75) is 83.3 Å². The maximum absolute atomic E-state index is 12.0. The Morgan fingerprint density at radius 1 is 1.25 bits per heavy atom. The molecule has 4 nitrogen and oxygen atoms in total. The lowest BCUT2D eigenvalue weighted by Gasteiger charge is -2.40. The molecule has 0 bridgehead atoms. The fourth-order valence-electron chi connectivity index (χ4n) is 2.98. The maximum Gasteiger partial charge on any atom is 0.220 e. The molecule has 0 radical (unpaired) electrons.